The van der Waals surface area contributed by atoms with Crippen molar-refractivity contribution < 1.29 is 39.5 Å². The van der Waals surface area contributed by atoms with Gasteiger partial charge in [0.1, 0.15) is 11.4 Å². The molecule has 0 bridgehead atoms. The standard InChI is InChI=1S/C25H20Cl2F6N2O3S2/c1-23(6-7-34-13-23)38-21-11-16(2-4-19(21)24(28,29)30)35-40(36,37)18-3-5-22(20(12-18)25(31,32)33)39-17-9-14(26)8-15(27)10-17/h2-5,8-12,34-35H,6-7,13H2,1H3/t23-/m1/s1. The van der Waals surface area contributed by atoms with Gasteiger partial charge in [0.05, 0.1) is 21.7 Å². The van der Waals surface area contributed by atoms with Crippen molar-refractivity contribution in [2.45, 2.75) is 46.0 Å². The second-order valence-corrected chi connectivity index (χ2v) is 12.8. The van der Waals surface area contributed by atoms with Crippen LogP contribution in [0.1, 0.15) is 24.5 Å². The van der Waals surface area contributed by atoms with Crippen LogP contribution in [0.3, 0.4) is 0 Å². The van der Waals surface area contributed by atoms with Gasteiger partial charge >= 0.3 is 12.4 Å². The van der Waals surface area contributed by atoms with E-state index in [0.717, 1.165) is 24.3 Å². The van der Waals surface area contributed by atoms with Gasteiger partial charge in [0.2, 0.25) is 0 Å². The summed E-state index contributed by atoms with van der Waals surface area (Å²) in [5.74, 6) is -0.609. The lowest BCUT2D eigenvalue weighted by Gasteiger charge is -2.27. The third-order valence-electron chi connectivity index (χ3n) is 5.86. The molecule has 0 aromatic heterocycles. The predicted octanol–water partition coefficient (Wildman–Crippen LogP) is 8.11. The van der Waals surface area contributed by atoms with E-state index in [4.69, 9.17) is 27.9 Å². The van der Waals surface area contributed by atoms with Gasteiger partial charge in [-0.1, -0.05) is 35.0 Å². The van der Waals surface area contributed by atoms with Gasteiger partial charge in [0.15, 0.2) is 0 Å². The number of benzene rings is 3. The highest BCUT2D eigenvalue weighted by Gasteiger charge is 2.39. The van der Waals surface area contributed by atoms with Crippen LogP contribution >= 0.6 is 35.0 Å². The van der Waals surface area contributed by atoms with E-state index < -0.39 is 49.7 Å². The number of alkyl halides is 6. The number of nitrogens with one attached hydrogen (secondary N) is 2. The summed E-state index contributed by atoms with van der Waals surface area (Å²) >= 11 is 12.5. The molecule has 0 radical (unpaired) electrons. The summed E-state index contributed by atoms with van der Waals surface area (Å²) in [5, 5.41) is 3.38. The highest BCUT2D eigenvalue weighted by atomic mass is 35.5. The largest absolute Gasteiger partial charge is 0.485 e. The lowest BCUT2D eigenvalue weighted by atomic mass is 10.1. The van der Waals surface area contributed by atoms with E-state index in [1.54, 1.807) is 6.92 Å². The lowest BCUT2D eigenvalue weighted by molar-refractivity contribution is -0.140. The van der Waals surface area contributed by atoms with Gasteiger partial charge < -0.3 is 10.1 Å². The van der Waals surface area contributed by atoms with E-state index in [1.165, 1.54) is 18.2 Å². The van der Waals surface area contributed by atoms with Crippen molar-refractivity contribution >= 4 is 50.7 Å². The van der Waals surface area contributed by atoms with Gasteiger partial charge in [0.25, 0.3) is 10.0 Å². The normalized spacial score (nSPS) is 18.1. The molecule has 3 aromatic carbocycles. The molecule has 1 aliphatic rings. The maximum absolute atomic E-state index is 13.9. The average molecular weight is 645 g/mol. The topological polar surface area (TPSA) is 67.4 Å². The molecule has 1 aliphatic heterocycles. The Hall–Kier alpha value is -2.32. The molecule has 4 rings (SSSR count). The molecule has 0 saturated carbocycles. The molecule has 1 atom stereocenters. The Morgan fingerprint density at radius 3 is 2.15 bits per heavy atom. The summed E-state index contributed by atoms with van der Waals surface area (Å²) in [4.78, 5) is -0.767. The van der Waals surface area contributed by atoms with E-state index in [1.807, 2.05) is 0 Å². The van der Waals surface area contributed by atoms with Crippen molar-refractivity contribution in [3.8, 4) is 5.75 Å². The molecule has 0 unspecified atom stereocenters. The van der Waals surface area contributed by atoms with Crippen LogP contribution in [0.5, 0.6) is 5.75 Å². The summed E-state index contributed by atoms with van der Waals surface area (Å²) in [7, 11) is -4.66. The van der Waals surface area contributed by atoms with Gasteiger partial charge in [-0.3, -0.25) is 4.72 Å². The van der Waals surface area contributed by atoms with Crippen LogP contribution in [0.4, 0.5) is 32.0 Å². The molecule has 3 aromatic rings. The Bertz CT molecular complexity index is 1510. The minimum absolute atomic E-state index is 0.199. The predicted molar refractivity (Wildman–Crippen MR) is 141 cm³/mol. The molecule has 1 heterocycles. The fourth-order valence-electron chi connectivity index (χ4n) is 3.97. The van der Waals surface area contributed by atoms with E-state index in [9.17, 15) is 34.8 Å². The summed E-state index contributed by atoms with van der Waals surface area (Å²) in [6, 6.07) is 8.96. The molecule has 2 N–H and O–H groups in total. The first-order valence-corrected chi connectivity index (χ1v) is 14.5. The number of anilines is 1. The fourth-order valence-corrected chi connectivity index (χ4v) is 6.74. The lowest BCUT2D eigenvalue weighted by Crippen LogP contribution is -2.35. The molecule has 0 aliphatic carbocycles. The van der Waals surface area contributed by atoms with Gasteiger partial charge in [-0.15, -0.1) is 0 Å². The first-order valence-electron chi connectivity index (χ1n) is 11.4. The third-order valence-corrected chi connectivity index (χ3v) is 8.72. The Labute approximate surface area is 240 Å². The molecule has 1 saturated heterocycles. The Kier molecular flexibility index (Phi) is 8.55. The zero-order valence-electron chi connectivity index (χ0n) is 20.4. The molecule has 1 fully saturated rings. The number of halogens is 8. The van der Waals surface area contributed by atoms with Crippen molar-refractivity contribution in [2.24, 2.45) is 0 Å². The minimum Gasteiger partial charge on any atom is -0.485 e. The van der Waals surface area contributed by atoms with Crippen molar-refractivity contribution in [1.82, 2.24) is 5.32 Å². The molecule has 15 heteroatoms. The molecule has 40 heavy (non-hydrogen) atoms. The number of hydrogen-bond acceptors (Lipinski definition) is 5. The second-order valence-electron chi connectivity index (χ2n) is 9.16. The fraction of sp³-hybridized carbons (Fsp3) is 0.280. The SMILES string of the molecule is C[C@@]1(Oc2cc(NS(=O)(=O)c3ccc(Sc4cc(Cl)cc(Cl)c4)c(C(F)(F)F)c3)ccc2C(F)(F)F)CCNC1. The van der Waals surface area contributed by atoms with Crippen LogP contribution in [0.2, 0.25) is 10.0 Å². The molecule has 216 valence electrons. The maximum atomic E-state index is 13.9. The number of sulfonamides is 1. The van der Waals surface area contributed by atoms with Gasteiger partial charge in [-0.05, 0) is 62.0 Å². The van der Waals surface area contributed by atoms with Crippen LogP contribution in [0.25, 0.3) is 0 Å². The zero-order valence-corrected chi connectivity index (χ0v) is 23.5. The highest BCUT2D eigenvalue weighted by molar-refractivity contribution is 7.99. The van der Waals surface area contributed by atoms with Crippen LogP contribution in [-0.2, 0) is 22.4 Å². The molecular weight excluding hydrogens is 625 g/mol. The van der Waals surface area contributed by atoms with Crippen molar-refractivity contribution in [3.63, 3.8) is 0 Å². The second kappa shape index (κ2) is 11.2. The Morgan fingerprint density at radius 1 is 0.925 bits per heavy atom. The third kappa shape index (κ3) is 7.30. The summed E-state index contributed by atoms with van der Waals surface area (Å²) in [6.07, 6.45) is -9.32. The molecule has 0 amide bonds. The number of rotatable bonds is 7. The van der Waals surface area contributed by atoms with Crippen LogP contribution in [0.15, 0.2) is 69.3 Å². The van der Waals surface area contributed by atoms with Gasteiger partial charge in [0, 0.05) is 38.9 Å². The highest BCUT2D eigenvalue weighted by Crippen LogP contribution is 2.43. The van der Waals surface area contributed by atoms with E-state index in [-0.39, 0.29) is 27.2 Å². The smallest absolute Gasteiger partial charge is 0.419 e. The van der Waals surface area contributed by atoms with Crippen LogP contribution in [-0.4, -0.2) is 27.1 Å². The summed E-state index contributed by atoms with van der Waals surface area (Å²) < 4.78 is 116. The first kappa shape index (κ1) is 30.6. The van der Waals surface area contributed by atoms with Crippen molar-refractivity contribution in [3.05, 3.63) is 75.8 Å². The maximum Gasteiger partial charge on any atom is 0.419 e. The van der Waals surface area contributed by atoms with E-state index in [0.29, 0.717) is 41.8 Å². The van der Waals surface area contributed by atoms with E-state index in [2.05, 4.69) is 10.0 Å². The monoisotopic (exact) mass is 644 g/mol. The van der Waals surface area contributed by atoms with Crippen molar-refractivity contribution in [1.29, 1.82) is 0 Å². The van der Waals surface area contributed by atoms with Crippen LogP contribution < -0.4 is 14.8 Å². The van der Waals surface area contributed by atoms with Gasteiger partial charge in [-0.25, -0.2) is 8.42 Å². The number of ether oxygens (including phenoxy) is 1. The summed E-state index contributed by atoms with van der Waals surface area (Å²) in [5.41, 5.74) is -3.65. The minimum atomic E-state index is -4.93. The quantitative estimate of drug-likeness (QED) is 0.254. The molecule has 5 nitrogen and oxygen atoms in total. The molecular formula is C25H20Cl2F6N2O3S2. The molecule has 0 spiro atoms. The Balaban J connectivity index is 1.67. The van der Waals surface area contributed by atoms with E-state index >= 15 is 0 Å². The number of hydrogen-bond donors (Lipinski definition) is 2. The van der Waals surface area contributed by atoms with Crippen LogP contribution in [0, 0.1) is 0 Å². The van der Waals surface area contributed by atoms with Crippen molar-refractivity contribution in [2.75, 3.05) is 17.8 Å². The zero-order chi connectivity index (χ0) is 29.5. The first-order chi connectivity index (χ1) is 18.5. The average Bonchev–Trinajstić information content (AvgIpc) is 3.22. The van der Waals surface area contributed by atoms with Gasteiger partial charge in [-0.2, -0.15) is 26.3 Å². The summed E-state index contributed by atoms with van der Waals surface area (Å²) in [6.45, 7) is 2.40. The Morgan fingerprint density at radius 2 is 1.57 bits per heavy atom.